The summed E-state index contributed by atoms with van der Waals surface area (Å²) in [6.07, 6.45) is 0. The molecule has 0 radical (unpaired) electrons. The summed E-state index contributed by atoms with van der Waals surface area (Å²) in [5.41, 5.74) is -1.09. The lowest BCUT2D eigenvalue weighted by atomic mass is 10.1. The molecule has 1 fully saturated rings. The number of hydrogen-bond donors (Lipinski definition) is 3. The molecule has 1 unspecified atom stereocenters. The molecule has 1 aliphatic heterocycles. The van der Waals surface area contributed by atoms with Crippen LogP contribution in [-0.2, 0) is 9.59 Å². The summed E-state index contributed by atoms with van der Waals surface area (Å²) >= 11 is 0. The number of aliphatic hydroxyl groups is 1. The third-order valence-corrected chi connectivity index (χ3v) is 2.94. The molecule has 8 heteroatoms. The standard InChI is InChI=1S/C12H21N3O5/c1-4-14(7-12(2,3)20)11(19)15-6-9(16)13-5-8(15)10(17)18/h8,20H,4-7H2,1-3H3,(H,13,16)(H,17,18). The molecule has 0 aromatic carbocycles. The van der Waals surface area contributed by atoms with E-state index in [-0.39, 0.29) is 19.6 Å². The Morgan fingerprint density at radius 3 is 2.55 bits per heavy atom. The van der Waals surface area contributed by atoms with Gasteiger partial charge in [0.2, 0.25) is 5.91 Å². The van der Waals surface area contributed by atoms with Gasteiger partial charge in [-0.3, -0.25) is 9.69 Å². The molecule has 1 aliphatic rings. The lowest BCUT2D eigenvalue weighted by molar-refractivity contribution is -0.144. The molecule has 3 N–H and O–H groups in total. The first kappa shape index (κ1) is 16.2. The van der Waals surface area contributed by atoms with Gasteiger partial charge in [-0.1, -0.05) is 0 Å². The molecule has 0 spiro atoms. The highest BCUT2D eigenvalue weighted by atomic mass is 16.4. The number of piperazine rings is 1. The molecule has 20 heavy (non-hydrogen) atoms. The molecule has 8 nitrogen and oxygen atoms in total. The third-order valence-electron chi connectivity index (χ3n) is 2.94. The van der Waals surface area contributed by atoms with Crippen LogP contribution in [0.1, 0.15) is 20.8 Å². The largest absolute Gasteiger partial charge is 0.480 e. The number of carbonyl (C=O) groups excluding carboxylic acids is 2. The number of likely N-dealkylation sites (N-methyl/N-ethyl adjacent to an activating group) is 1. The average molecular weight is 287 g/mol. The zero-order chi connectivity index (χ0) is 15.5. The number of carboxylic acids is 1. The number of amides is 3. The highest BCUT2D eigenvalue weighted by molar-refractivity contribution is 5.90. The predicted molar refractivity (Wildman–Crippen MR) is 70.1 cm³/mol. The van der Waals surface area contributed by atoms with E-state index in [9.17, 15) is 19.5 Å². The highest BCUT2D eigenvalue weighted by Crippen LogP contribution is 2.12. The summed E-state index contributed by atoms with van der Waals surface area (Å²) in [5.74, 6) is -1.56. The Balaban J connectivity index is 2.89. The fourth-order valence-electron chi connectivity index (χ4n) is 2.03. The molecule has 0 aliphatic carbocycles. The molecule has 3 amide bonds. The number of carbonyl (C=O) groups is 3. The van der Waals surface area contributed by atoms with Gasteiger partial charge in [0.25, 0.3) is 0 Å². The van der Waals surface area contributed by atoms with Crippen LogP contribution < -0.4 is 5.32 Å². The summed E-state index contributed by atoms with van der Waals surface area (Å²) in [5, 5.41) is 21.3. The van der Waals surface area contributed by atoms with Crippen LogP contribution in [0.25, 0.3) is 0 Å². The van der Waals surface area contributed by atoms with E-state index in [2.05, 4.69) is 5.32 Å². The van der Waals surface area contributed by atoms with Crippen LogP contribution in [0.5, 0.6) is 0 Å². The molecule has 1 saturated heterocycles. The monoisotopic (exact) mass is 287 g/mol. The van der Waals surface area contributed by atoms with Crippen molar-refractivity contribution in [2.24, 2.45) is 0 Å². The van der Waals surface area contributed by atoms with Crippen LogP contribution in [0, 0.1) is 0 Å². The van der Waals surface area contributed by atoms with E-state index in [1.807, 2.05) is 0 Å². The summed E-state index contributed by atoms with van der Waals surface area (Å²) in [6, 6.07) is -1.65. The van der Waals surface area contributed by atoms with Crippen molar-refractivity contribution >= 4 is 17.9 Å². The van der Waals surface area contributed by atoms with Gasteiger partial charge in [-0.05, 0) is 20.8 Å². The molecule has 1 rings (SSSR count). The molecule has 0 bridgehead atoms. The van der Waals surface area contributed by atoms with Gasteiger partial charge in [0.15, 0.2) is 0 Å². The SMILES string of the molecule is CCN(CC(C)(C)O)C(=O)N1CC(=O)NCC1C(=O)O. The number of hydrogen-bond acceptors (Lipinski definition) is 4. The van der Waals surface area contributed by atoms with Gasteiger partial charge in [-0.2, -0.15) is 0 Å². The molecule has 0 saturated carbocycles. The summed E-state index contributed by atoms with van der Waals surface area (Å²) in [7, 11) is 0. The number of nitrogens with zero attached hydrogens (tertiary/aromatic N) is 2. The van der Waals surface area contributed by atoms with Crippen molar-refractivity contribution in [2.75, 3.05) is 26.2 Å². The topological polar surface area (TPSA) is 110 Å². The first-order chi connectivity index (χ1) is 9.15. The molecular weight excluding hydrogens is 266 g/mol. The van der Waals surface area contributed by atoms with Crippen molar-refractivity contribution in [1.82, 2.24) is 15.1 Å². The summed E-state index contributed by atoms with van der Waals surface area (Å²) < 4.78 is 0. The Kier molecular flexibility index (Phi) is 4.93. The smallest absolute Gasteiger partial charge is 0.328 e. The Hall–Kier alpha value is -1.83. The molecule has 0 aromatic heterocycles. The highest BCUT2D eigenvalue weighted by Gasteiger charge is 2.37. The van der Waals surface area contributed by atoms with Gasteiger partial charge >= 0.3 is 12.0 Å². The van der Waals surface area contributed by atoms with Crippen LogP contribution in [0.3, 0.4) is 0 Å². The lowest BCUT2D eigenvalue weighted by Gasteiger charge is -2.37. The maximum atomic E-state index is 12.4. The van der Waals surface area contributed by atoms with Crippen molar-refractivity contribution in [3.05, 3.63) is 0 Å². The van der Waals surface area contributed by atoms with E-state index in [0.717, 1.165) is 4.90 Å². The normalized spacial score (nSPS) is 19.5. The summed E-state index contributed by atoms with van der Waals surface area (Å²) in [4.78, 5) is 37.3. The van der Waals surface area contributed by atoms with Crippen molar-refractivity contribution in [3.63, 3.8) is 0 Å². The van der Waals surface area contributed by atoms with Crippen molar-refractivity contribution < 1.29 is 24.6 Å². The zero-order valence-corrected chi connectivity index (χ0v) is 11.9. The minimum Gasteiger partial charge on any atom is -0.480 e. The average Bonchev–Trinajstić information content (AvgIpc) is 2.33. The van der Waals surface area contributed by atoms with E-state index in [4.69, 9.17) is 5.11 Å². The number of carboxylic acid groups (broad SMARTS) is 1. The minimum atomic E-state index is -1.17. The number of rotatable bonds is 4. The third kappa shape index (κ3) is 4.09. The van der Waals surface area contributed by atoms with E-state index in [1.165, 1.54) is 4.90 Å². The molecule has 114 valence electrons. The second-order valence-corrected chi connectivity index (χ2v) is 5.40. The van der Waals surface area contributed by atoms with E-state index < -0.39 is 29.6 Å². The van der Waals surface area contributed by atoms with Crippen molar-refractivity contribution in [1.29, 1.82) is 0 Å². The Morgan fingerprint density at radius 1 is 1.50 bits per heavy atom. The molecule has 1 heterocycles. The van der Waals surface area contributed by atoms with Gasteiger partial charge in [-0.25, -0.2) is 9.59 Å². The Bertz CT molecular complexity index is 404. The fourth-order valence-corrected chi connectivity index (χ4v) is 2.03. The fraction of sp³-hybridized carbons (Fsp3) is 0.750. The number of nitrogens with one attached hydrogen (secondary N) is 1. The number of urea groups is 1. The van der Waals surface area contributed by atoms with Gasteiger partial charge < -0.3 is 20.4 Å². The van der Waals surface area contributed by atoms with E-state index >= 15 is 0 Å². The Labute approximate surface area is 117 Å². The van der Waals surface area contributed by atoms with Gasteiger partial charge in [0.1, 0.15) is 12.6 Å². The van der Waals surface area contributed by atoms with Crippen molar-refractivity contribution in [3.8, 4) is 0 Å². The molecular formula is C12H21N3O5. The lowest BCUT2D eigenvalue weighted by Crippen LogP contribution is -2.62. The minimum absolute atomic E-state index is 0.0623. The maximum absolute atomic E-state index is 12.4. The second-order valence-electron chi connectivity index (χ2n) is 5.40. The predicted octanol–water partition coefficient (Wildman–Crippen LogP) is -0.916. The maximum Gasteiger partial charge on any atom is 0.328 e. The molecule has 0 aromatic rings. The summed E-state index contributed by atoms with van der Waals surface area (Å²) in [6.45, 7) is 4.81. The first-order valence-electron chi connectivity index (χ1n) is 6.43. The first-order valence-corrected chi connectivity index (χ1v) is 6.43. The molecule has 1 atom stereocenters. The van der Waals surface area contributed by atoms with Gasteiger partial charge in [0.05, 0.1) is 12.1 Å². The van der Waals surface area contributed by atoms with Crippen LogP contribution in [0.2, 0.25) is 0 Å². The quantitative estimate of drug-likeness (QED) is 0.619. The zero-order valence-electron chi connectivity index (χ0n) is 11.9. The van der Waals surface area contributed by atoms with Crippen LogP contribution in [-0.4, -0.2) is 75.7 Å². The van der Waals surface area contributed by atoms with Gasteiger partial charge in [-0.15, -0.1) is 0 Å². The van der Waals surface area contributed by atoms with E-state index in [0.29, 0.717) is 6.54 Å². The van der Waals surface area contributed by atoms with Crippen molar-refractivity contribution in [2.45, 2.75) is 32.4 Å². The van der Waals surface area contributed by atoms with Crippen LogP contribution >= 0.6 is 0 Å². The van der Waals surface area contributed by atoms with E-state index in [1.54, 1.807) is 20.8 Å². The second kappa shape index (κ2) is 6.08. The van der Waals surface area contributed by atoms with Crippen LogP contribution in [0.4, 0.5) is 4.79 Å². The van der Waals surface area contributed by atoms with Gasteiger partial charge in [0, 0.05) is 13.1 Å². The van der Waals surface area contributed by atoms with Crippen LogP contribution in [0.15, 0.2) is 0 Å². The number of aliphatic carboxylic acids is 1. The Morgan fingerprint density at radius 2 is 2.10 bits per heavy atom.